The van der Waals surface area contributed by atoms with Crippen molar-refractivity contribution in [3.05, 3.63) is 17.0 Å². The minimum Gasteiger partial charge on any atom is -0.383 e. The van der Waals surface area contributed by atoms with Gasteiger partial charge in [0.15, 0.2) is 0 Å². The number of rotatable bonds is 8. The molecule has 0 N–H and O–H groups in total. The lowest BCUT2D eigenvalue weighted by Crippen LogP contribution is -2.36. The first kappa shape index (κ1) is 16.9. The van der Waals surface area contributed by atoms with Crippen molar-refractivity contribution in [1.29, 1.82) is 0 Å². The van der Waals surface area contributed by atoms with Gasteiger partial charge in [-0.3, -0.25) is 0 Å². The molecule has 1 aromatic heterocycles. The van der Waals surface area contributed by atoms with Crippen LogP contribution in [0.25, 0.3) is 0 Å². The van der Waals surface area contributed by atoms with Crippen molar-refractivity contribution < 1.29 is 13.2 Å². The molecule has 0 spiro atoms. The molecule has 0 aliphatic carbocycles. The van der Waals surface area contributed by atoms with Crippen LogP contribution in [0.3, 0.4) is 0 Å². The maximum Gasteiger partial charge on any atom is 0.252 e. The van der Waals surface area contributed by atoms with E-state index in [4.69, 9.17) is 16.3 Å². The fraction of sp³-hybridized carbons (Fsp3) is 0.667. The van der Waals surface area contributed by atoms with E-state index in [0.29, 0.717) is 29.8 Å². The zero-order valence-corrected chi connectivity index (χ0v) is 13.8. The lowest BCUT2D eigenvalue weighted by Gasteiger charge is -2.22. The molecule has 1 aromatic rings. The highest BCUT2D eigenvalue weighted by molar-refractivity contribution is 7.91. The summed E-state index contributed by atoms with van der Waals surface area (Å²) in [5.74, 6) is 0.599. The predicted octanol–water partition coefficient (Wildman–Crippen LogP) is 2.78. The molecule has 0 aromatic carbocycles. The first-order chi connectivity index (χ1) is 8.91. The molecule has 4 nitrogen and oxygen atoms in total. The highest BCUT2D eigenvalue weighted by Gasteiger charge is 2.26. The van der Waals surface area contributed by atoms with Crippen LogP contribution in [0.2, 0.25) is 0 Å². The van der Waals surface area contributed by atoms with Crippen LogP contribution in [-0.2, 0) is 20.6 Å². The third-order valence-corrected chi connectivity index (χ3v) is 6.34. The molecule has 0 saturated heterocycles. The highest BCUT2D eigenvalue weighted by atomic mass is 35.5. The van der Waals surface area contributed by atoms with Crippen molar-refractivity contribution in [2.45, 2.75) is 23.9 Å². The second-order valence-corrected chi connectivity index (χ2v) is 8.20. The molecule has 0 fully saturated rings. The molecular formula is C12H20ClNO3S2. The molecule has 0 amide bonds. The summed E-state index contributed by atoms with van der Waals surface area (Å²) in [7, 11) is -1.88. The average molecular weight is 326 g/mol. The number of thiophene rings is 1. The summed E-state index contributed by atoms with van der Waals surface area (Å²) in [6.07, 6.45) is 0. The van der Waals surface area contributed by atoms with Crippen LogP contribution < -0.4 is 0 Å². The zero-order valence-electron chi connectivity index (χ0n) is 11.4. The van der Waals surface area contributed by atoms with Crippen molar-refractivity contribution in [3.63, 3.8) is 0 Å². The van der Waals surface area contributed by atoms with E-state index >= 15 is 0 Å². The molecular weight excluding hydrogens is 306 g/mol. The molecule has 0 unspecified atom stereocenters. The normalized spacial score (nSPS) is 12.5. The Morgan fingerprint density at radius 3 is 2.58 bits per heavy atom. The van der Waals surface area contributed by atoms with Gasteiger partial charge in [0, 0.05) is 25.1 Å². The lowest BCUT2D eigenvalue weighted by molar-refractivity contribution is 0.175. The Morgan fingerprint density at radius 2 is 2.11 bits per heavy atom. The summed E-state index contributed by atoms with van der Waals surface area (Å²) in [4.78, 5) is 0.858. The van der Waals surface area contributed by atoms with Crippen LogP contribution in [0.1, 0.15) is 18.7 Å². The van der Waals surface area contributed by atoms with E-state index in [1.54, 1.807) is 19.2 Å². The van der Waals surface area contributed by atoms with Gasteiger partial charge in [-0.05, 0) is 18.1 Å². The standard InChI is InChI=1S/C12H20ClNO3S2/c1-10(2)9-14(6-7-17-3)19(15,16)12-5-4-11(8-13)18-12/h4-5,10H,6-9H2,1-3H3. The number of halogens is 1. The van der Waals surface area contributed by atoms with Gasteiger partial charge >= 0.3 is 0 Å². The number of hydrogen-bond donors (Lipinski definition) is 0. The van der Waals surface area contributed by atoms with Gasteiger partial charge in [0.1, 0.15) is 4.21 Å². The maximum absolute atomic E-state index is 12.5. The number of nitrogens with zero attached hydrogens (tertiary/aromatic N) is 1. The number of alkyl halides is 1. The van der Waals surface area contributed by atoms with E-state index < -0.39 is 10.0 Å². The molecule has 1 heterocycles. The van der Waals surface area contributed by atoms with Crippen LogP contribution in [0.15, 0.2) is 16.3 Å². The van der Waals surface area contributed by atoms with Gasteiger partial charge < -0.3 is 4.74 Å². The van der Waals surface area contributed by atoms with Gasteiger partial charge in [-0.1, -0.05) is 13.8 Å². The van der Waals surface area contributed by atoms with E-state index in [0.717, 1.165) is 4.88 Å². The molecule has 0 bridgehead atoms. The highest BCUT2D eigenvalue weighted by Crippen LogP contribution is 2.26. The molecule has 0 aliphatic heterocycles. The number of methoxy groups -OCH3 is 1. The third-order valence-electron chi connectivity index (χ3n) is 2.48. The van der Waals surface area contributed by atoms with Gasteiger partial charge in [-0.25, -0.2) is 8.42 Å². The lowest BCUT2D eigenvalue weighted by atomic mass is 10.2. The number of ether oxygens (including phenoxy) is 1. The second-order valence-electron chi connectivity index (χ2n) is 4.60. The van der Waals surface area contributed by atoms with Crippen LogP contribution in [0.5, 0.6) is 0 Å². The molecule has 7 heteroatoms. The minimum atomic E-state index is -3.44. The Balaban J connectivity index is 2.96. The number of sulfonamides is 1. The first-order valence-electron chi connectivity index (χ1n) is 6.05. The SMILES string of the molecule is COCCN(CC(C)C)S(=O)(=O)c1ccc(CCl)s1. The van der Waals surface area contributed by atoms with Crippen molar-refractivity contribution >= 4 is 33.0 Å². The molecule has 110 valence electrons. The third kappa shape index (κ3) is 4.72. The van der Waals surface area contributed by atoms with E-state index in [1.165, 1.54) is 15.6 Å². The van der Waals surface area contributed by atoms with Gasteiger partial charge in [-0.2, -0.15) is 4.31 Å². The summed E-state index contributed by atoms with van der Waals surface area (Å²) < 4.78 is 31.9. The summed E-state index contributed by atoms with van der Waals surface area (Å²) in [5.41, 5.74) is 0. The van der Waals surface area contributed by atoms with Crippen LogP contribution >= 0.6 is 22.9 Å². The van der Waals surface area contributed by atoms with E-state index in [2.05, 4.69) is 0 Å². The Hall–Kier alpha value is -0.140. The average Bonchev–Trinajstić information content (AvgIpc) is 2.83. The Kier molecular flexibility index (Phi) is 6.76. The Bertz CT molecular complexity index is 485. The topological polar surface area (TPSA) is 46.6 Å². The summed E-state index contributed by atoms with van der Waals surface area (Å²) >= 11 is 6.95. The quantitative estimate of drug-likeness (QED) is 0.690. The summed E-state index contributed by atoms with van der Waals surface area (Å²) in [6, 6.07) is 3.38. The zero-order chi connectivity index (χ0) is 14.5. The molecule has 0 aliphatic rings. The van der Waals surface area contributed by atoms with Crippen LogP contribution in [0, 0.1) is 5.92 Å². The van der Waals surface area contributed by atoms with E-state index in [9.17, 15) is 8.42 Å². The van der Waals surface area contributed by atoms with Gasteiger partial charge in [0.2, 0.25) is 0 Å². The van der Waals surface area contributed by atoms with Gasteiger partial charge in [0.25, 0.3) is 10.0 Å². The fourth-order valence-electron chi connectivity index (χ4n) is 1.61. The van der Waals surface area contributed by atoms with Crippen molar-refractivity contribution in [1.82, 2.24) is 4.31 Å². The predicted molar refractivity (Wildman–Crippen MR) is 79.3 cm³/mol. The van der Waals surface area contributed by atoms with E-state index in [-0.39, 0.29) is 5.92 Å². The fourth-order valence-corrected chi connectivity index (χ4v) is 4.81. The van der Waals surface area contributed by atoms with Crippen LogP contribution in [-0.4, -0.2) is 39.5 Å². The molecule has 0 radical (unpaired) electrons. The Labute approximate surface area is 124 Å². The number of hydrogen-bond acceptors (Lipinski definition) is 4. The molecule has 0 saturated carbocycles. The van der Waals surface area contributed by atoms with Crippen LogP contribution in [0.4, 0.5) is 0 Å². The largest absolute Gasteiger partial charge is 0.383 e. The van der Waals surface area contributed by atoms with Crippen molar-refractivity contribution in [2.24, 2.45) is 5.92 Å². The second kappa shape index (κ2) is 7.59. The summed E-state index contributed by atoms with van der Waals surface area (Å²) in [5, 5.41) is 0. The van der Waals surface area contributed by atoms with Crippen molar-refractivity contribution in [2.75, 3.05) is 26.8 Å². The monoisotopic (exact) mass is 325 g/mol. The molecule has 0 atom stereocenters. The summed E-state index contributed by atoms with van der Waals surface area (Å²) in [6.45, 7) is 5.23. The van der Waals surface area contributed by atoms with E-state index in [1.807, 2.05) is 13.8 Å². The van der Waals surface area contributed by atoms with Crippen molar-refractivity contribution in [3.8, 4) is 0 Å². The maximum atomic E-state index is 12.5. The Morgan fingerprint density at radius 1 is 1.42 bits per heavy atom. The first-order valence-corrected chi connectivity index (χ1v) is 8.84. The molecule has 1 rings (SSSR count). The minimum absolute atomic E-state index is 0.263. The smallest absolute Gasteiger partial charge is 0.252 e. The van der Waals surface area contributed by atoms with Gasteiger partial charge in [0.05, 0.1) is 12.5 Å². The van der Waals surface area contributed by atoms with Gasteiger partial charge in [-0.15, -0.1) is 22.9 Å². The molecule has 19 heavy (non-hydrogen) atoms.